The molecule has 1 nitrogen and oxygen atoms in total. The maximum atomic E-state index is 6.35. The molecule has 0 saturated heterocycles. The summed E-state index contributed by atoms with van der Waals surface area (Å²) in [4.78, 5) is 0. The monoisotopic (exact) mass is 472 g/mol. The van der Waals surface area contributed by atoms with Gasteiger partial charge in [0.1, 0.15) is 11.5 Å². The summed E-state index contributed by atoms with van der Waals surface area (Å²) in [7, 11) is 0. The minimum atomic E-state index is -0.203. The molecule has 0 amide bonds. The van der Waals surface area contributed by atoms with Crippen LogP contribution in [-0.2, 0) is 5.41 Å². The van der Waals surface area contributed by atoms with Crippen molar-refractivity contribution in [1.29, 1.82) is 0 Å². The molecule has 8 rings (SSSR count). The van der Waals surface area contributed by atoms with Crippen LogP contribution in [0.2, 0.25) is 0 Å². The van der Waals surface area contributed by atoms with E-state index in [9.17, 15) is 0 Å². The maximum absolute atomic E-state index is 6.35. The highest BCUT2D eigenvalue weighted by Crippen LogP contribution is 2.53. The van der Waals surface area contributed by atoms with Gasteiger partial charge in [0.05, 0.1) is 0 Å². The van der Waals surface area contributed by atoms with Gasteiger partial charge in [0.15, 0.2) is 0 Å². The Bertz CT molecular complexity index is 1860. The largest absolute Gasteiger partial charge is 0.456 e. The lowest BCUT2D eigenvalue weighted by atomic mass is 9.74. The number of hydrogen-bond acceptors (Lipinski definition) is 1. The van der Waals surface area contributed by atoms with Crippen molar-refractivity contribution in [3.05, 3.63) is 144 Å². The fourth-order valence-corrected chi connectivity index (χ4v) is 6.50. The normalized spacial score (nSPS) is 16.6. The van der Waals surface area contributed by atoms with Crippen LogP contribution >= 0.6 is 0 Å². The summed E-state index contributed by atoms with van der Waals surface area (Å²) in [6.45, 7) is 2.37. The lowest BCUT2D eigenvalue weighted by molar-refractivity contribution is 0.487. The third-order valence-electron chi connectivity index (χ3n) is 8.35. The topological polar surface area (TPSA) is 9.23 Å². The van der Waals surface area contributed by atoms with Gasteiger partial charge in [0, 0.05) is 16.4 Å². The first-order valence-electron chi connectivity index (χ1n) is 12.9. The van der Waals surface area contributed by atoms with Crippen molar-refractivity contribution in [3.63, 3.8) is 0 Å². The SMILES string of the molecule is CC1(c2ccccc2)c2ccccc2-c2ccc(-c3ccc4c(c3)-c3cccc5cccc(c35)O4)cc21. The van der Waals surface area contributed by atoms with Gasteiger partial charge in [-0.25, -0.2) is 0 Å². The van der Waals surface area contributed by atoms with Gasteiger partial charge in [-0.1, -0.05) is 103 Å². The third-order valence-corrected chi connectivity index (χ3v) is 8.35. The second kappa shape index (κ2) is 7.44. The molecule has 174 valence electrons. The molecule has 0 fully saturated rings. The molecule has 1 unspecified atom stereocenters. The Hall–Kier alpha value is -4.62. The van der Waals surface area contributed by atoms with E-state index in [0.717, 1.165) is 17.1 Å². The molecule has 0 aromatic heterocycles. The molecule has 6 aromatic carbocycles. The molecule has 1 heteroatoms. The summed E-state index contributed by atoms with van der Waals surface area (Å²) >= 11 is 0. The molecule has 1 heterocycles. The molecule has 0 N–H and O–H groups in total. The van der Waals surface area contributed by atoms with Crippen molar-refractivity contribution >= 4 is 10.8 Å². The standard InChI is InChI=1S/C36H24O/c1-36(26-11-3-2-4-12-26)31-15-6-5-13-27(31)28-19-17-25(22-32(28)36)24-18-20-33-30(21-24)29-14-7-9-23-10-8-16-34(37-33)35(23)29/h2-22H,1H3. The predicted octanol–water partition coefficient (Wildman–Crippen LogP) is 9.61. The second-order valence-corrected chi connectivity index (χ2v) is 10.3. The average Bonchev–Trinajstić information content (AvgIpc) is 3.22. The molecule has 1 aliphatic carbocycles. The summed E-state index contributed by atoms with van der Waals surface area (Å²) in [6, 6.07) is 46.1. The third kappa shape index (κ3) is 2.80. The van der Waals surface area contributed by atoms with Crippen LogP contribution in [-0.4, -0.2) is 0 Å². The second-order valence-electron chi connectivity index (χ2n) is 10.3. The van der Waals surface area contributed by atoms with Gasteiger partial charge in [-0.2, -0.15) is 0 Å². The zero-order valence-corrected chi connectivity index (χ0v) is 20.5. The van der Waals surface area contributed by atoms with Gasteiger partial charge >= 0.3 is 0 Å². The van der Waals surface area contributed by atoms with Gasteiger partial charge in [-0.15, -0.1) is 0 Å². The highest BCUT2D eigenvalue weighted by Gasteiger charge is 2.40. The predicted molar refractivity (Wildman–Crippen MR) is 152 cm³/mol. The number of hydrogen-bond donors (Lipinski definition) is 0. The molecule has 6 aromatic rings. The molecule has 0 bridgehead atoms. The van der Waals surface area contributed by atoms with Crippen LogP contribution in [0.25, 0.3) is 44.2 Å². The Morgan fingerprint density at radius 3 is 2.08 bits per heavy atom. The Labute approximate surface area is 216 Å². The minimum absolute atomic E-state index is 0.203. The Morgan fingerprint density at radius 2 is 1.19 bits per heavy atom. The summed E-state index contributed by atoms with van der Waals surface area (Å²) < 4.78 is 6.35. The highest BCUT2D eigenvalue weighted by molar-refractivity contribution is 6.04. The lowest BCUT2D eigenvalue weighted by Crippen LogP contribution is -2.22. The van der Waals surface area contributed by atoms with Gasteiger partial charge in [-0.05, 0) is 81.1 Å². The van der Waals surface area contributed by atoms with Crippen molar-refractivity contribution < 1.29 is 4.74 Å². The summed E-state index contributed by atoms with van der Waals surface area (Å²) in [5.41, 5.74) is 11.3. The first kappa shape index (κ1) is 20.6. The molecule has 1 aliphatic heterocycles. The van der Waals surface area contributed by atoms with E-state index in [1.807, 2.05) is 0 Å². The number of fused-ring (bicyclic) bond motifs is 5. The van der Waals surface area contributed by atoms with Crippen molar-refractivity contribution in [2.45, 2.75) is 12.3 Å². The minimum Gasteiger partial charge on any atom is -0.456 e. The first-order valence-corrected chi connectivity index (χ1v) is 12.9. The van der Waals surface area contributed by atoms with Crippen LogP contribution in [0.3, 0.4) is 0 Å². The molecule has 2 aliphatic rings. The van der Waals surface area contributed by atoms with Crippen LogP contribution in [0, 0.1) is 0 Å². The van der Waals surface area contributed by atoms with Crippen LogP contribution in [0.4, 0.5) is 0 Å². The van der Waals surface area contributed by atoms with E-state index in [2.05, 4.69) is 134 Å². The summed E-state index contributed by atoms with van der Waals surface area (Å²) in [5.74, 6) is 1.85. The van der Waals surface area contributed by atoms with Gasteiger partial charge < -0.3 is 4.74 Å². The molecule has 0 spiro atoms. The Kier molecular flexibility index (Phi) is 4.14. The maximum Gasteiger partial charge on any atom is 0.135 e. The van der Waals surface area contributed by atoms with Crippen LogP contribution < -0.4 is 4.74 Å². The van der Waals surface area contributed by atoms with Crippen molar-refractivity contribution in [1.82, 2.24) is 0 Å². The number of rotatable bonds is 2. The Morgan fingerprint density at radius 1 is 0.486 bits per heavy atom. The van der Waals surface area contributed by atoms with E-state index in [0.29, 0.717) is 0 Å². The molecular formula is C36H24O. The van der Waals surface area contributed by atoms with Gasteiger partial charge in [0.2, 0.25) is 0 Å². The highest BCUT2D eigenvalue weighted by atomic mass is 16.5. The molecule has 0 radical (unpaired) electrons. The fourth-order valence-electron chi connectivity index (χ4n) is 6.50. The summed E-state index contributed by atoms with van der Waals surface area (Å²) in [5, 5.41) is 2.40. The van der Waals surface area contributed by atoms with Crippen molar-refractivity contribution in [2.75, 3.05) is 0 Å². The van der Waals surface area contributed by atoms with E-state index in [4.69, 9.17) is 4.74 Å². The van der Waals surface area contributed by atoms with E-state index in [-0.39, 0.29) is 5.41 Å². The number of ether oxygens (including phenoxy) is 1. The lowest BCUT2D eigenvalue weighted by Gasteiger charge is -2.28. The van der Waals surface area contributed by atoms with E-state index in [1.54, 1.807) is 0 Å². The zero-order valence-electron chi connectivity index (χ0n) is 20.5. The van der Waals surface area contributed by atoms with Gasteiger partial charge in [-0.3, -0.25) is 0 Å². The first-order chi connectivity index (χ1) is 18.2. The average molecular weight is 473 g/mol. The van der Waals surface area contributed by atoms with Gasteiger partial charge in [0.25, 0.3) is 0 Å². The Balaban J connectivity index is 1.32. The fraction of sp³-hybridized carbons (Fsp3) is 0.0556. The van der Waals surface area contributed by atoms with Crippen LogP contribution in [0.5, 0.6) is 11.5 Å². The van der Waals surface area contributed by atoms with E-state index in [1.165, 1.54) is 55.3 Å². The molecule has 37 heavy (non-hydrogen) atoms. The van der Waals surface area contributed by atoms with Crippen LogP contribution in [0.1, 0.15) is 23.6 Å². The molecule has 1 atom stereocenters. The number of benzene rings is 6. The van der Waals surface area contributed by atoms with Crippen molar-refractivity contribution in [3.8, 4) is 44.9 Å². The zero-order chi connectivity index (χ0) is 24.6. The smallest absolute Gasteiger partial charge is 0.135 e. The van der Waals surface area contributed by atoms with Crippen molar-refractivity contribution in [2.24, 2.45) is 0 Å². The van der Waals surface area contributed by atoms with Crippen LogP contribution in [0.15, 0.2) is 127 Å². The summed E-state index contributed by atoms with van der Waals surface area (Å²) in [6.07, 6.45) is 0. The van der Waals surface area contributed by atoms with E-state index < -0.39 is 0 Å². The van der Waals surface area contributed by atoms with E-state index >= 15 is 0 Å². The molecular weight excluding hydrogens is 448 g/mol. The quantitative estimate of drug-likeness (QED) is 0.243. The molecule has 0 saturated carbocycles.